The van der Waals surface area contributed by atoms with Gasteiger partial charge in [0, 0.05) is 30.0 Å². The van der Waals surface area contributed by atoms with Gasteiger partial charge in [-0.15, -0.1) is 0 Å². The Bertz CT molecular complexity index is 319. The van der Waals surface area contributed by atoms with E-state index < -0.39 is 0 Å². The largest absolute Gasteiger partial charge is 0.377 e. The monoisotopic (exact) mass is 279 g/mol. The molecule has 1 N–H and O–H groups in total. The second kappa shape index (κ2) is 5.96. The van der Waals surface area contributed by atoms with E-state index in [0.717, 1.165) is 18.4 Å². The first kappa shape index (κ1) is 14.8. The summed E-state index contributed by atoms with van der Waals surface area (Å²) >= 11 is 0. The topological polar surface area (TPSA) is 21.3 Å². The van der Waals surface area contributed by atoms with Gasteiger partial charge in [-0.3, -0.25) is 0 Å². The zero-order valence-corrected chi connectivity index (χ0v) is 13.7. The average molecular weight is 279 g/mol. The van der Waals surface area contributed by atoms with Crippen molar-refractivity contribution in [3.05, 3.63) is 0 Å². The molecule has 2 saturated carbocycles. The van der Waals surface area contributed by atoms with Crippen molar-refractivity contribution in [1.82, 2.24) is 5.32 Å². The molecular weight excluding hydrogens is 246 g/mol. The Morgan fingerprint density at radius 1 is 1.00 bits per heavy atom. The van der Waals surface area contributed by atoms with E-state index in [4.69, 9.17) is 4.74 Å². The van der Waals surface area contributed by atoms with Crippen LogP contribution in [0.5, 0.6) is 0 Å². The van der Waals surface area contributed by atoms with Gasteiger partial charge in [-0.25, -0.2) is 0 Å². The van der Waals surface area contributed by atoms with Crippen molar-refractivity contribution >= 4 is 0 Å². The van der Waals surface area contributed by atoms with E-state index >= 15 is 0 Å². The lowest BCUT2D eigenvalue weighted by molar-refractivity contribution is -0.195. The highest BCUT2D eigenvalue weighted by Gasteiger charge is 2.58. The van der Waals surface area contributed by atoms with Crippen LogP contribution in [0.25, 0.3) is 0 Å². The van der Waals surface area contributed by atoms with Crippen LogP contribution in [0, 0.1) is 17.3 Å². The number of rotatable bonds is 3. The lowest BCUT2D eigenvalue weighted by atomic mass is 9.55. The lowest BCUT2D eigenvalue weighted by Gasteiger charge is -2.61. The van der Waals surface area contributed by atoms with Crippen molar-refractivity contribution in [3.63, 3.8) is 0 Å². The fourth-order valence-corrected chi connectivity index (χ4v) is 5.09. The van der Waals surface area contributed by atoms with Crippen LogP contribution in [-0.4, -0.2) is 24.8 Å². The van der Waals surface area contributed by atoms with Crippen LogP contribution in [0.15, 0.2) is 0 Å². The van der Waals surface area contributed by atoms with Gasteiger partial charge in [-0.2, -0.15) is 0 Å². The summed E-state index contributed by atoms with van der Waals surface area (Å²) < 4.78 is 6.03. The van der Waals surface area contributed by atoms with Gasteiger partial charge >= 0.3 is 0 Å². The van der Waals surface area contributed by atoms with Crippen LogP contribution in [0.4, 0.5) is 0 Å². The van der Waals surface area contributed by atoms with Crippen molar-refractivity contribution in [2.45, 2.75) is 90.3 Å². The maximum atomic E-state index is 6.03. The Labute approximate surface area is 125 Å². The Morgan fingerprint density at radius 2 is 1.70 bits per heavy atom. The summed E-state index contributed by atoms with van der Waals surface area (Å²) in [5, 5.41) is 4.02. The molecule has 0 aromatic rings. The van der Waals surface area contributed by atoms with Gasteiger partial charge in [0.15, 0.2) is 0 Å². The predicted molar refractivity (Wildman–Crippen MR) is 83.8 cm³/mol. The first-order chi connectivity index (χ1) is 9.60. The zero-order chi connectivity index (χ0) is 14.2. The third-order valence-corrected chi connectivity index (χ3v) is 6.38. The van der Waals surface area contributed by atoms with E-state index in [1.807, 2.05) is 0 Å². The Kier molecular flexibility index (Phi) is 4.42. The van der Waals surface area contributed by atoms with Crippen LogP contribution in [0.1, 0.15) is 72.1 Å². The zero-order valence-electron chi connectivity index (χ0n) is 13.7. The number of hydrogen-bond donors (Lipinski definition) is 1. The minimum atomic E-state index is 0.323. The van der Waals surface area contributed by atoms with Crippen LogP contribution in [0.3, 0.4) is 0 Å². The Hall–Kier alpha value is -0.0800. The van der Waals surface area contributed by atoms with Gasteiger partial charge in [0.25, 0.3) is 0 Å². The van der Waals surface area contributed by atoms with Crippen molar-refractivity contribution in [3.8, 4) is 0 Å². The van der Waals surface area contributed by atoms with Gasteiger partial charge in [-0.1, -0.05) is 39.5 Å². The predicted octanol–water partition coefficient (Wildman–Crippen LogP) is 4.14. The fraction of sp³-hybridized carbons (Fsp3) is 1.00. The summed E-state index contributed by atoms with van der Waals surface area (Å²) in [5.74, 6) is 1.67. The molecule has 1 heterocycles. The highest BCUT2D eigenvalue weighted by Crippen LogP contribution is 2.51. The molecule has 2 heteroatoms. The van der Waals surface area contributed by atoms with Crippen molar-refractivity contribution in [2.24, 2.45) is 17.3 Å². The third kappa shape index (κ3) is 2.66. The van der Waals surface area contributed by atoms with Crippen LogP contribution >= 0.6 is 0 Å². The maximum absolute atomic E-state index is 6.03. The molecule has 3 aliphatic rings. The second-order valence-corrected chi connectivity index (χ2v) is 8.10. The van der Waals surface area contributed by atoms with Crippen molar-refractivity contribution < 1.29 is 4.74 Å². The molecule has 0 aromatic carbocycles. The minimum absolute atomic E-state index is 0.323. The smallest absolute Gasteiger partial charge is 0.0684 e. The molecule has 0 bridgehead atoms. The highest BCUT2D eigenvalue weighted by atomic mass is 16.5. The quantitative estimate of drug-likeness (QED) is 0.784. The molecule has 2 aliphatic carbocycles. The molecule has 0 aromatic heterocycles. The SMILES string of the molecule is C[C@@H](NC1C2CCCOC2C1(C)C)C1CCCCCC1. The standard InChI is InChI=1S/C18H33NO/c1-13(14-9-6-4-5-7-10-14)19-16-15-11-8-12-20-17(15)18(16,2)3/h13-17,19H,4-12H2,1-3H3/t13-,15?,16?,17?/m1/s1. The molecule has 1 saturated heterocycles. The number of ether oxygens (including phenoxy) is 1. The van der Waals surface area contributed by atoms with Crippen LogP contribution < -0.4 is 5.32 Å². The summed E-state index contributed by atoms with van der Waals surface area (Å²) in [6, 6.07) is 1.35. The van der Waals surface area contributed by atoms with E-state index in [0.29, 0.717) is 23.6 Å². The van der Waals surface area contributed by atoms with Gasteiger partial charge < -0.3 is 10.1 Å². The minimum Gasteiger partial charge on any atom is -0.377 e. The number of hydrogen-bond acceptors (Lipinski definition) is 2. The number of fused-ring (bicyclic) bond motifs is 1. The molecule has 0 amide bonds. The molecule has 2 nitrogen and oxygen atoms in total. The molecule has 20 heavy (non-hydrogen) atoms. The van der Waals surface area contributed by atoms with Crippen LogP contribution in [-0.2, 0) is 4.74 Å². The van der Waals surface area contributed by atoms with Crippen molar-refractivity contribution in [2.75, 3.05) is 6.61 Å². The summed E-state index contributed by atoms with van der Waals surface area (Å²) in [7, 11) is 0. The Morgan fingerprint density at radius 3 is 2.40 bits per heavy atom. The van der Waals surface area contributed by atoms with Crippen LogP contribution in [0.2, 0.25) is 0 Å². The Balaban J connectivity index is 1.58. The molecular formula is C18H33NO. The van der Waals surface area contributed by atoms with Gasteiger partial charge in [0.05, 0.1) is 6.10 Å². The first-order valence-corrected chi connectivity index (χ1v) is 8.98. The maximum Gasteiger partial charge on any atom is 0.0684 e. The summed E-state index contributed by atoms with van der Waals surface area (Å²) in [6.07, 6.45) is 11.8. The molecule has 0 radical (unpaired) electrons. The molecule has 4 atom stereocenters. The van der Waals surface area contributed by atoms with E-state index in [2.05, 4.69) is 26.1 Å². The van der Waals surface area contributed by atoms with E-state index in [-0.39, 0.29) is 0 Å². The summed E-state index contributed by atoms with van der Waals surface area (Å²) in [4.78, 5) is 0. The lowest BCUT2D eigenvalue weighted by Crippen LogP contribution is -2.70. The fourth-order valence-electron chi connectivity index (χ4n) is 5.09. The van der Waals surface area contributed by atoms with E-state index in [1.54, 1.807) is 0 Å². The molecule has 1 aliphatic heterocycles. The van der Waals surface area contributed by atoms with Gasteiger partial charge in [-0.05, 0) is 38.5 Å². The van der Waals surface area contributed by atoms with Crippen molar-refractivity contribution in [1.29, 1.82) is 0 Å². The van der Waals surface area contributed by atoms with Gasteiger partial charge in [0.2, 0.25) is 0 Å². The highest BCUT2D eigenvalue weighted by molar-refractivity contribution is 5.10. The second-order valence-electron chi connectivity index (χ2n) is 8.10. The molecule has 0 spiro atoms. The molecule has 3 unspecified atom stereocenters. The normalized spacial score (nSPS) is 39.5. The summed E-state index contributed by atoms with van der Waals surface area (Å²) in [5.41, 5.74) is 0.323. The van der Waals surface area contributed by atoms with E-state index in [9.17, 15) is 0 Å². The first-order valence-electron chi connectivity index (χ1n) is 8.98. The van der Waals surface area contributed by atoms with Gasteiger partial charge in [0.1, 0.15) is 0 Å². The number of nitrogens with one attached hydrogen (secondary N) is 1. The molecule has 3 fully saturated rings. The summed E-state index contributed by atoms with van der Waals surface area (Å²) in [6.45, 7) is 8.21. The third-order valence-electron chi connectivity index (χ3n) is 6.38. The van der Waals surface area contributed by atoms with E-state index in [1.165, 1.54) is 51.4 Å². The average Bonchev–Trinajstić information content (AvgIpc) is 2.73. The molecule has 116 valence electrons. The molecule has 3 rings (SSSR count).